The molecule has 1 atom stereocenters. The van der Waals surface area contributed by atoms with Crippen molar-refractivity contribution in [2.24, 2.45) is 0 Å². The Kier molecular flexibility index (Phi) is 3.49. The average molecular weight is 289 g/mol. The van der Waals surface area contributed by atoms with E-state index < -0.39 is 6.10 Å². The molecule has 0 bridgehead atoms. The van der Waals surface area contributed by atoms with Gasteiger partial charge in [-0.05, 0) is 52.9 Å². The van der Waals surface area contributed by atoms with Crippen LogP contribution in [0.5, 0.6) is 0 Å². The summed E-state index contributed by atoms with van der Waals surface area (Å²) in [5.74, 6) is 0. The summed E-state index contributed by atoms with van der Waals surface area (Å²) in [4.78, 5) is 0.983. The van der Waals surface area contributed by atoms with Crippen molar-refractivity contribution < 1.29 is 9.84 Å². The molecule has 2 rings (SSSR count). The summed E-state index contributed by atoms with van der Waals surface area (Å²) in [5, 5.41) is 10.1. The van der Waals surface area contributed by atoms with Crippen molar-refractivity contribution in [3.05, 3.63) is 32.1 Å². The first-order valence-electron chi connectivity index (χ1n) is 4.93. The second-order valence-corrected chi connectivity index (χ2v) is 6.08. The Morgan fingerprint density at radius 2 is 2.40 bits per heavy atom. The van der Waals surface area contributed by atoms with E-state index in [2.05, 4.69) is 15.9 Å². The SMILES string of the molecule is Cc1cc(C(O)C2=COCCC2)sc1Br. The lowest BCUT2D eigenvalue weighted by Gasteiger charge is -2.17. The van der Waals surface area contributed by atoms with Crippen molar-refractivity contribution in [2.75, 3.05) is 6.61 Å². The first kappa shape index (κ1) is 11.2. The molecule has 0 aromatic carbocycles. The molecule has 1 N–H and O–H groups in total. The van der Waals surface area contributed by atoms with Crippen LogP contribution in [0.1, 0.15) is 29.4 Å². The standard InChI is InChI=1S/C11H13BrO2S/c1-7-5-9(15-11(7)12)10(13)8-3-2-4-14-6-8/h5-6,10,13H,2-4H2,1H3. The molecule has 0 saturated carbocycles. The predicted molar refractivity (Wildman–Crippen MR) is 65.0 cm³/mol. The molecule has 2 heterocycles. The van der Waals surface area contributed by atoms with Crippen LogP contribution in [-0.2, 0) is 4.74 Å². The van der Waals surface area contributed by atoms with Crippen LogP contribution in [-0.4, -0.2) is 11.7 Å². The molecule has 1 aromatic heterocycles. The van der Waals surface area contributed by atoms with Gasteiger partial charge in [0.25, 0.3) is 0 Å². The Bertz CT molecular complexity index is 364. The zero-order valence-corrected chi connectivity index (χ0v) is 10.9. The van der Waals surface area contributed by atoms with E-state index in [0.29, 0.717) is 0 Å². The summed E-state index contributed by atoms with van der Waals surface area (Å²) in [5.41, 5.74) is 2.15. The Hall–Kier alpha value is -0.320. The minimum absolute atomic E-state index is 0.500. The molecule has 2 nitrogen and oxygen atoms in total. The van der Waals surface area contributed by atoms with Crippen LogP contribution in [0.15, 0.2) is 21.7 Å². The Labute approximate surface area is 102 Å². The van der Waals surface area contributed by atoms with Gasteiger partial charge in [0.05, 0.1) is 16.7 Å². The smallest absolute Gasteiger partial charge is 0.112 e. The molecule has 0 fully saturated rings. The van der Waals surface area contributed by atoms with E-state index in [4.69, 9.17) is 4.74 Å². The van der Waals surface area contributed by atoms with E-state index >= 15 is 0 Å². The van der Waals surface area contributed by atoms with Crippen molar-refractivity contribution in [1.29, 1.82) is 0 Å². The minimum Gasteiger partial charge on any atom is -0.501 e. The minimum atomic E-state index is -0.500. The highest BCUT2D eigenvalue weighted by atomic mass is 79.9. The summed E-state index contributed by atoms with van der Waals surface area (Å²) in [6.45, 7) is 2.80. The maximum Gasteiger partial charge on any atom is 0.112 e. The number of aliphatic hydroxyl groups is 1. The van der Waals surface area contributed by atoms with Gasteiger partial charge in [0.1, 0.15) is 6.10 Å². The van der Waals surface area contributed by atoms with Gasteiger partial charge >= 0.3 is 0 Å². The molecule has 0 amide bonds. The van der Waals surface area contributed by atoms with Gasteiger partial charge < -0.3 is 9.84 Å². The molecular formula is C11H13BrO2S. The van der Waals surface area contributed by atoms with E-state index in [-0.39, 0.29) is 0 Å². The van der Waals surface area contributed by atoms with Crippen LogP contribution >= 0.6 is 27.3 Å². The highest BCUT2D eigenvalue weighted by Gasteiger charge is 2.18. The van der Waals surface area contributed by atoms with Gasteiger partial charge in [-0.25, -0.2) is 0 Å². The molecule has 0 aliphatic carbocycles. The zero-order valence-electron chi connectivity index (χ0n) is 8.50. The van der Waals surface area contributed by atoms with Crippen LogP contribution in [0.2, 0.25) is 0 Å². The van der Waals surface area contributed by atoms with E-state index in [9.17, 15) is 5.11 Å². The van der Waals surface area contributed by atoms with Crippen molar-refractivity contribution >= 4 is 27.3 Å². The first-order valence-corrected chi connectivity index (χ1v) is 6.54. The van der Waals surface area contributed by atoms with Crippen LogP contribution in [0.4, 0.5) is 0 Å². The third-order valence-electron chi connectivity index (χ3n) is 2.46. The summed E-state index contributed by atoms with van der Waals surface area (Å²) < 4.78 is 6.32. The number of rotatable bonds is 2. The number of aryl methyl sites for hydroxylation is 1. The number of thiophene rings is 1. The molecule has 1 aliphatic rings. The Morgan fingerprint density at radius 3 is 2.93 bits per heavy atom. The molecule has 82 valence electrons. The number of hydrogen-bond acceptors (Lipinski definition) is 3. The van der Waals surface area contributed by atoms with Gasteiger partial charge in [0.15, 0.2) is 0 Å². The van der Waals surface area contributed by atoms with Gasteiger partial charge in [-0.2, -0.15) is 0 Å². The van der Waals surface area contributed by atoms with Gasteiger partial charge in [-0.3, -0.25) is 0 Å². The predicted octanol–water partition coefficient (Wildman–Crippen LogP) is 3.55. The molecule has 0 radical (unpaired) electrons. The van der Waals surface area contributed by atoms with Crippen molar-refractivity contribution in [3.8, 4) is 0 Å². The lowest BCUT2D eigenvalue weighted by molar-refractivity contribution is 0.172. The molecular weight excluding hydrogens is 276 g/mol. The quantitative estimate of drug-likeness (QED) is 0.902. The summed E-state index contributed by atoms with van der Waals surface area (Å²) in [7, 11) is 0. The second-order valence-electron chi connectivity index (χ2n) is 3.68. The van der Waals surface area contributed by atoms with Crippen LogP contribution in [0.3, 0.4) is 0 Å². The molecule has 15 heavy (non-hydrogen) atoms. The van der Waals surface area contributed by atoms with Gasteiger partial charge in [0, 0.05) is 4.88 Å². The van der Waals surface area contributed by atoms with Crippen molar-refractivity contribution in [1.82, 2.24) is 0 Å². The third-order valence-corrected chi connectivity index (χ3v) is 4.65. The summed E-state index contributed by atoms with van der Waals surface area (Å²) in [6.07, 6.45) is 3.13. The van der Waals surface area contributed by atoms with Crippen molar-refractivity contribution in [3.63, 3.8) is 0 Å². The summed E-state index contributed by atoms with van der Waals surface area (Å²) in [6, 6.07) is 2.02. The van der Waals surface area contributed by atoms with E-state index in [0.717, 1.165) is 33.7 Å². The maximum atomic E-state index is 10.1. The fourth-order valence-electron chi connectivity index (χ4n) is 1.59. The number of hydrogen-bond donors (Lipinski definition) is 1. The van der Waals surface area contributed by atoms with E-state index in [1.54, 1.807) is 17.6 Å². The highest BCUT2D eigenvalue weighted by molar-refractivity contribution is 9.11. The fraction of sp³-hybridized carbons (Fsp3) is 0.455. The third kappa shape index (κ3) is 2.44. The largest absolute Gasteiger partial charge is 0.501 e. The van der Waals surface area contributed by atoms with Crippen molar-refractivity contribution in [2.45, 2.75) is 25.9 Å². The van der Waals surface area contributed by atoms with E-state index in [1.165, 1.54) is 5.56 Å². The fourth-order valence-corrected chi connectivity index (χ4v) is 3.19. The average Bonchev–Trinajstić information content (AvgIpc) is 2.59. The summed E-state index contributed by atoms with van der Waals surface area (Å²) >= 11 is 5.05. The number of aliphatic hydroxyl groups excluding tert-OH is 1. The lowest BCUT2D eigenvalue weighted by atomic mass is 10.0. The monoisotopic (exact) mass is 288 g/mol. The molecule has 0 spiro atoms. The molecule has 1 unspecified atom stereocenters. The zero-order chi connectivity index (χ0) is 10.8. The van der Waals surface area contributed by atoms with Gasteiger partial charge in [0.2, 0.25) is 0 Å². The normalized spacial score (nSPS) is 18.2. The van der Waals surface area contributed by atoms with Gasteiger partial charge in [-0.1, -0.05) is 0 Å². The topological polar surface area (TPSA) is 29.5 Å². The number of ether oxygens (including phenoxy) is 1. The van der Waals surface area contributed by atoms with Crippen LogP contribution < -0.4 is 0 Å². The van der Waals surface area contributed by atoms with Crippen LogP contribution in [0.25, 0.3) is 0 Å². The molecule has 0 saturated heterocycles. The molecule has 1 aliphatic heterocycles. The van der Waals surface area contributed by atoms with E-state index in [1.807, 2.05) is 13.0 Å². The molecule has 1 aromatic rings. The second kappa shape index (κ2) is 4.68. The maximum absolute atomic E-state index is 10.1. The Balaban J connectivity index is 2.19. The first-order chi connectivity index (χ1) is 7.18. The van der Waals surface area contributed by atoms with Gasteiger partial charge in [-0.15, -0.1) is 11.3 Å². The Morgan fingerprint density at radius 1 is 1.60 bits per heavy atom. The van der Waals surface area contributed by atoms with Crippen LogP contribution in [0, 0.1) is 6.92 Å². The number of halogens is 1. The molecule has 4 heteroatoms. The lowest BCUT2D eigenvalue weighted by Crippen LogP contribution is -2.06. The highest BCUT2D eigenvalue weighted by Crippen LogP contribution is 2.36.